The first kappa shape index (κ1) is 20.4. The van der Waals surface area contributed by atoms with Gasteiger partial charge in [0.1, 0.15) is 5.75 Å². The first-order valence-electron chi connectivity index (χ1n) is 9.58. The predicted octanol–water partition coefficient (Wildman–Crippen LogP) is 3.27. The van der Waals surface area contributed by atoms with Crippen molar-refractivity contribution in [3.63, 3.8) is 0 Å². The first-order valence-corrected chi connectivity index (χ1v) is 9.58. The molecule has 1 aliphatic rings. The van der Waals surface area contributed by atoms with Crippen LogP contribution in [0.5, 0.6) is 5.75 Å². The van der Waals surface area contributed by atoms with Gasteiger partial charge in [-0.25, -0.2) is 4.79 Å². The molecule has 0 radical (unpaired) electrons. The molecule has 0 aromatic heterocycles. The van der Waals surface area contributed by atoms with E-state index in [1.807, 2.05) is 24.3 Å². The lowest BCUT2D eigenvalue weighted by molar-refractivity contribution is -0.125. The Balaban J connectivity index is 1.62. The highest BCUT2D eigenvalue weighted by atomic mass is 16.5. The van der Waals surface area contributed by atoms with Gasteiger partial charge in [0, 0.05) is 5.69 Å². The zero-order valence-corrected chi connectivity index (χ0v) is 16.8. The largest absolute Gasteiger partial charge is 0.481 e. The van der Waals surface area contributed by atoms with Crippen molar-refractivity contribution in [1.29, 1.82) is 0 Å². The van der Waals surface area contributed by atoms with Crippen molar-refractivity contribution in [2.24, 2.45) is 0 Å². The highest BCUT2D eigenvalue weighted by Crippen LogP contribution is 2.21. The molecule has 0 saturated carbocycles. The van der Waals surface area contributed by atoms with E-state index in [1.54, 1.807) is 31.2 Å². The van der Waals surface area contributed by atoms with Gasteiger partial charge in [0.15, 0.2) is 6.10 Å². The Bertz CT molecular complexity index is 910. The summed E-state index contributed by atoms with van der Waals surface area (Å²) in [4.78, 5) is 37.1. The molecule has 1 atom stereocenters. The van der Waals surface area contributed by atoms with E-state index in [9.17, 15) is 14.4 Å². The molecule has 29 heavy (non-hydrogen) atoms. The molecule has 7 heteroatoms. The van der Waals surface area contributed by atoms with Gasteiger partial charge in [-0.15, -0.1) is 0 Å². The van der Waals surface area contributed by atoms with E-state index in [0.717, 1.165) is 16.0 Å². The fourth-order valence-electron chi connectivity index (χ4n) is 2.99. The third-order valence-electron chi connectivity index (χ3n) is 4.68. The molecule has 1 fully saturated rings. The van der Waals surface area contributed by atoms with Crippen LogP contribution in [0.2, 0.25) is 0 Å². The fourth-order valence-corrected chi connectivity index (χ4v) is 2.99. The Morgan fingerprint density at radius 1 is 1.14 bits per heavy atom. The summed E-state index contributed by atoms with van der Waals surface area (Å²) in [5, 5.41) is 5.31. The number of anilines is 1. The quantitative estimate of drug-likeness (QED) is 0.705. The number of hydrogen-bond acceptors (Lipinski definition) is 4. The average Bonchev–Trinajstić information content (AvgIpc) is 3.00. The van der Waals surface area contributed by atoms with Gasteiger partial charge in [0.2, 0.25) is 5.91 Å². The Morgan fingerprint density at radius 3 is 2.59 bits per heavy atom. The maximum absolute atomic E-state index is 12.5. The lowest BCUT2D eigenvalue weighted by atomic mass is 10.0. The number of carbonyl (C=O) groups is 3. The molecule has 1 heterocycles. The predicted molar refractivity (Wildman–Crippen MR) is 110 cm³/mol. The minimum Gasteiger partial charge on any atom is -0.481 e. The molecule has 1 aliphatic heterocycles. The first-order chi connectivity index (χ1) is 13.8. The normalized spacial score (nSPS) is 14.7. The minimum atomic E-state index is -0.688. The van der Waals surface area contributed by atoms with Crippen molar-refractivity contribution in [2.75, 3.05) is 11.9 Å². The van der Waals surface area contributed by atoms with Crippen LogP contribution in [0, 0.1) is 0 Å². The molecule has 7 nitrogen and oxygen atoms in total. The standard InChI is InChI=1S/C22H25N3O4/c1-14(2)17-7-5-9-19(11-17)29-15(3)21(27)24-18-8-4-6-16(10-18)13-25-20(26)12-23-22(25)28/h4-11,14-15H,12-13H2,1-3H3,(H,23,28)(H,24,27). The van der Waals surface area contributed by atoms with Crippen molar-refractivity contribution in [3.05, 3.63) is 59.7 Å². The highest BCUT2D eigenvalue weighted by Gasteiger charge is 2.28. The Hall–Kier alpha value is -3.35. The van der Waals surface area contributed by atoms with Crippen molar-refractivity contribution in [2.45, 2.75) is 39.3 Å². The molecule has 0 aliphatic carbocycles. The van der Waals surface area contributed by atoms with E-state index in [-0.39, 0.29) is 24.9 Å². The summed E-state index contributed by atoms with van der Waals surface area (Å²) in [7, 11) is 0. The summed E-state index contributed by atoms with van der Waals surface area (Å²) >= 11 is 0. The lowest BCUT2D eigenvalue weighted by Crippen LogP contribution is -2.31. The van der Waals surface area contributed by atoms with Gasteiger partial charge in [-0.1, -0.05) is 38.1 Å². The summed E-state index contributed by atoms with van der Waals surface area (Å²) in [6.45, 7) is 6.06. The number of ether oxygens (including phenoxy) is 1. The number of urea groups is 1. The third-order valence-corrected chi connectivity index (χ3v) is 4.68. The van der Waals surface area contributed by atoms with Gasteiger partial charge in [-0.3, -0.25) is 14.5 Å². The number of amides is 4. The smallest absolute Gasteiger partial charge is 0.324 e. The van der Waals surface area contributed by atoms with Crippen molar-refractivity contribution in [1.82, 2.24) is 10.2 Å². The van der Waals surface area contributed by atoms with Crippen LogP contribution in [-0.4, -0.2) is 35.4 Å². The van der Waals surface area contributed by atoms with E-state index in [1.165, 1.54) is 0 Å². The summed E-state index contributed by atoms with van der Waals surface area (Å²) in [5.41, 5.74) is 2.46. The van der Waals surface area contributed by atoms with Crippen LogP contribution < -0.4 is 15.4 Å². The van der Waals surface area contributed by atoms with Gasteiger partial charge in [0.25, 0.3) is 5.91 Å². The van der Waals surface area contributed by atoms with Crippen LogP contribution in [0.4, 0.5) is 10.5 Å². The van der Waals surface area contributed by atoms with Crippen molar-refractivity contribution < 1.29 is 19.1 Å². The van der Waals surface area contributed by atoms with Gasteiger partial charge < -0.3 is 15.4 Å². The number of benzene rings is 2. The fraction of sp³-hybridized carbons (Fsp3) is 0.318. The monoisotopic (exact) mass is 395 g/mol. The average molecular weight is 395 g/mol. The van der Waals surface area contributed by atoms with Crippen LogP contribution in [0.1, 0.15) is 37.8 Å². The van der Waals surface area contributed by atoms with Gasteiger partial charge in [-0.2, -0.15) is 0 Å². The molecule has 152 valence electrons. The molecule has 1 unspecified atom stereocenters. The van der Waals surface area contributed by atoms with E-state index in [2.05, 4.69) is 24.5 Å². The van der Waals surface area contributed by atoms with Gasteiger partial charge in [-0.05, 0) is 48.2 Å². The number of hydrogen-bond donors (Lipinski definition) is 2. The van der Waals surface area contributed by atoms with Crippen molar-refractivity contribution in [3.8, 4) is 5.75 Å². The molecule has 2 aromatic carbocycles. The lowest BCUT2D eigenvalue weighted by Gasteiger charge is -2.17. The maximum atomic E-state index is 12.5. The number of rotatable bonds is 7. The van der Waals surface area contributed by atoms with Crippen LogP contribution in [-0.2, 0) is 16.1 Å². The molecular weight excluding hydrogens is 370 g/mol. The summed E-state index contributed by atoms with van der Waals surface area (Å²) in [6.07, 6.45) is -0.688. The molecule has 0 spiro atoms. The SMILES string of the molecule is CC(Oc1cccc(C(C)C)c1)C(=O)Nc1cccc(CN2C(=O)CNC2=O)c1. The van der Waals surface area contributed by atoms with Crippen LogP contribution in [0.3, 0.4) is 0 Å². The number of nitrogens with one attached hydrogen (secondary N) is 2. The third kappa shape index (κ3) is 5.13. The Labute approximate surface area is 170 Å². The second-order valence-electron chi connectivity index (χ2n) is 7.32. The molecule has 1 saturated heterocycles. The van der Waals surface area contributed by atoms with E-state index in [4.69, 9.17) is 4.74 Å². The van der Waals surface area contributed by atoms with Crippen LogP contribution in [0.25, 0.3) is 0 Å². The molecule has 4 amide bonds. The number of imide groups is 1. The van der Waals surface area contributed by atoms with E-state index in [0.29, 0.717) is 17.4 Å². The zero-order chi connectivity index (χ0) is 21.0. The van der Waals surface area contributed by atoms with E-state index >= 15 is 0 Å². The molecule has 3 rings (SSSR count). The van der Waals surface area contributed by atoms with Crippen LogP contribution in [0.15, 0.2) is 48.5 Å². The summed E-state index contributed by atoms with van der Waals surface area (Å²) < 4.78 is 5.79. The second-order valence-corrected chi connectivity index (χ2v) is 7.32. The minimum absolute atomic E-state index is 0.0160. The second kappa shape index (κ2) is 8.77. The molecule has 2 N–H and O–H groups in total. The number of nitrogens with zero attached hydrogens (tertiary/aromatic N) is 1. The molecule has 0 bridgehead atoms. The molecule has 2 aromatic rings. The van der Waals surface area contributed by atoms with E-state index < -0.39 is 12.1 Å². The summed E-state index contributed by atoms with van der Waals surface area (Å²) in [5.74, 6) is 0.461. The zero-order valence-electron chi connectivity index (χ0n) is 16.8. The Kier molecular flexibility index (Phi) is 6.16. The highest BCUT2D eigenvalue weighted by molar-refractivity contribution is 6.01. The van der Waals surface area contributed by atoms with Crippen molar-refractivity contribution >= 4 is 23.5 Å². The maximum Gasteiger partial charge on any atom is 0.324 e. The topological polar surface area (TPSA) is 87.7 Å². The van der Waals surface area contributed by atoms with Gasteiger partial charge in [0.05, 0.1) is 13.1 Å². The number of carbonyl (C=O) groups excluding carboxylic acids is 3. The summed E-state index contributed by atoms with van der Waals surface area (Å²) in [6, 6.07) is 14.3. The Morgan fingerprint density at radius 2 is 1.90 bits per heavy atom. The van der Waals surface area contributed by atoms with Crippen LogP contribution >= 0.6 is 0 Å². The van der Waals surface area contributed by atoms with Gasteiger partial charge >= 0.3 is 6.03 Å². The molecular formula is C22H25N3O4.